The lowest BCUT2D eigenvalue weighted by Gasteiger charge is -2.28. The molecule has 2 nitrogen and oxygen atoms in total. The van der Waals surface area contributed by atoms with Crippen LogP contribution in [0.3, 0.4) is 0 Å². The highest BCUT2D eigenvalue weighted by Crippen LogP contribution is 2.29. The van der Waals surface area contributed by atoms with E-state index in [4.69, 9.17) is 28.9 Å². The highest BCUT2D eigenvalue weighted by atomic mass is 35.5. The van der Waals surface area contributed by atoms with Crippen molar-refractivity contribution in [1.82, 2.24) is 4.98 Å². The summed E-state index contributed by atoms with van der Waals surface area (Å²) in [6.45, 7) is 1.97. The second-order valence-corrected chi connectivity index (χ2v) is 5.61. The molecule has 0 saturated heterocycles. The van der Waals surface area contributed by atoms with E-state index < -0.39 is 5.54 Å². The number of benzene rings is 1. The maximum atomic E-state index is 13.0. The van der Waals surface area contributed by atoms with Gasteiger partial charge in [0.2, 0.25) is 0 Å². The van der Waals surface area contributed by atoms with E-state index in [1.54, 1.807) is 18.2 Å². The van der Waals surface area contributed by atoms with Gasteiger partial charge in [-0.3, -0.25) is 4.98 Å². The van der Waals surface area contributed by atoms with E-state index in [0.29, 0.717) is 28.6 Å². The molecular weight excluding hydrogens is 298 g/mol. The zero-order valence-electron chi connectivity index (χ0n) is 11.0. The number of aromatic nitrogens is 1. The monoisotopic (exact) mass is 312 g/mol. The Morgan fingerprint density at radius 1 is 1.20 bits per heavy atom. The van der Waals surface area contributed by atoms with Gasteiger partial charge in [0.1, 0.15) is 5.82 Å². The zero-order valence-corrected chi connectivity index (χ0v) is 12.5. The Bertz CT molecular complexity index is 601. The van der Waals surface area contributed by atoms with Crippen LogP contribution in [-0.2, 0) is 12.0 Å². The van der Waals surface area contributed by atoms with Crippen molar-refractivity contribution in [3.05, 3.63) is 63.6 Å². The van der Waals surface area contributed by atoms with Gasteiger partial charge < -0.3 is 5.73 Å². The van der Waals surface area contributed by atoms with Crippen LogP contribution in [0, 0.1) is 5.82 Å². The topological polar surface area (TPSA) is 38.9 Å². The average Bonchev–Trinajstić information content (AvgIpc) is 2.43. The predicted molar refractivity (Wildman–Crippen MR) is 80.5 cm³/mol. The van der Waals surface area contributed by atoms with Crippen LogP contribution in [0.2, 0.25) is 10.0 Å². The number of rotatable bonds is 4. The summed E-state index contributed by atoms with van der Waals surface area (Å²) in [7, 11) is 0. The molecule has 2 N–H and O–H groups in total. The van der Waals surface area contributed by atoms with Crippen LogP contribution in [0.15, 0.2) is 36.5 Å². The largest absolute Gasteiger partial charge is 0.320 e. The van der Waals surface area contributed by atoms with E-state index in [9.17, 15) is 4.39 Å². The molecule has 0 aliphatic rings. The van der Waals surface area contributed by atoms with Crippen LogP contribution in [0.5, 0.6) is 0 Å². The molecule has 1 heterocycles. The van der Waals surface area contributed by atoms with Crippen LogP contribution in [0.25, 0.3) is 0 Å². The maximum Gasteiger partial charge on any atom is 0.141 e. The lowest BCUT2D eigenvalue weighted by atomic mass is 9.86. The van der Waals surface area contributed by atoms with Crippen molar-refractivity contribution in [3.63, 3.8) is 0 Å². The predicted octanol–water partition coefficient (Wildman–Crippen LogP) is 4.33. The van der Waals surface area contributed by atoms with E-state index in [2.05, 4.69) is 4.98 Å². The van der Waals surface area contributed by atoms with E-state index in [-0.39, 0.29) is 5.82 Å². The number of pyridine rings is 1. The SMILES string of the molecule is CCC(N)(Cc1ccc(Cl)c(Cl)c1)c1ccc(F)cn1. The van der Waals surface area contributed by atoms with Crippen molar-refractivity contribution in [3.8, 4) is 0 Å². The molecule has 2 rings (SSSR count). The first kappa shape index (κ1) is 15.2. The fourth-order valence-electron chi connectivity index (χ4n) is 2.08. The first-order chi connectivity index (χ1) is 9.44. The van der Waals surface area contributed by atoms with Crippen LogP contribution in [0.1, 0.15) is 24.6 Å². The van der Waals surface area contributed by atoms with Crippen LogP contribution in [-0.4, -0.2) is 4.98 Å². The van der Waals surface area contributed by atoms with Gasteiger partial charge >= 0.3 is 0 Å². The molecule has 2 aromatic rings. The maximum absolute atomic E-state index is 13.0. The van der Waals surface area contributed by atoms with Gasteiger partial charge in [0.25, 0.3) is 0 Å². The molecule has 0 fully saturated rings. The molecule has 0 saturated carbocycles. The van der Waals surface area contributed by atoms with E-state index in [0.717, 1.165) is 5.56 Å². The third-order valence-corrected chi connectivity index (χ3v) is 4.11. The van der Waals surface area contributed by atoms with E-state index in [1.165, 1.54) is 12.3 Å². The fraction of sp³-hybridized carbons (Fsp3) is 0.267. The van der Waals surface area contributed by atoms with Crippen LogP contribution >= 0.6 is 23.2 Å². The van der Waals surface area contributed by atoms with Crippen LogP contribution in [0.4, 0.5) is 4.39 Å². The summed E-state index contributed by atoms with van der Waals surface area (Å²) >= 11 is 11.9. The first-order valence-electron chi connectivity index (χ1n) is 6.29. The standard InChI is InChI=1S/C15H15Cl2FN2/c1-2-15(19,14-6-4-11(18)9-20-14)8-10-3-5-12(16)13(17)7-10/h3-7,9H,2,8,19H2,1H3. The number of halogens is 3. The van der Waals surface area contributed by atoms with Gasteiger partial charge in [0.05, 0.1) is 27.5 Å². The summed E-state index contributed by atoms with van der Waals surface area (Å²) < 4.78 is 13.0. The molecule has 0 amide bonds. The van der Waals surface area contributed by atoms with Gasteiger partial charge in [-0.25, -0.2) is 4.39 Å². The van der Waals surface area contributed by atoms with Crippen molar-refractivity contribution >= 4 is 23.2 Å². The second kappa shape index (κ2) is 6.08. The number of hydrogen-bond donors (Lipinski definition) is 1. The molecule has 1 aromatic carbocycles. The highest BCUT2D eigenvalue weighted by molar-refractivity contribution is 6.42. The average molecular weight is 313 g/mol. The molecule has 1 atom stereocenters. The van der Waals surface area contributed by atoms with E-state index in [1.807, 2.05) is 13.0 Å². The molecule has 5 heteroatoms. The lowest BCUT2D eigenvalue weighted by Crippen LogP contribution is -2.39. The Balaban J connectivity index is 2.31. The summed E-state index contributed by atoms with van der Waals surface area (Å²) in [6.07, 6.45) is 2.41. The second-order valence-electron chi connectivity index (χ2n) is 4.80. The Labute approximate surface area is 127 Å². The van der Waals surface area contributed by atoms with Gasteiger partial charge in [-0.2, -0.15) is 0 Å². The molecule has 1 aromatic heterocycles. The number of nitrogens with two attached hydrogens (primary N) is 1. The highest BCUT2D eigenvalue weighted by Gasteiger charge is 2.27. The van der Waals surface area contributed by atoms with Crippen molar-refractivity contribution in [2.75, 3.05) is 0 Å². The van der Waals surface area contributed by atoms with Crippen molar-refractivity contribution in [2.24, 2.45) is 5.73 Å². The molecule has 20 heavy (non-hydrogen) atoms. The summed E-state index contributed by atoms with van der Waals surface area (Å²) in [5.41, 5.74) is 7.39. The zero-order chi connectivity index (χ0) is 14.8. The Morgan fingerprint density at radius 3 is 2.50 bits per heavy atom. The minimum Gasteiger partial charge on any atom is -0.320 e. The number of hydrogen-bond acceptors (Lipinski definition) is 2. The fourth-order valence-corrected chi connectivity index (χ4v) is 2.40. The summed E-state index contributed by atoms with van der Waals surface area (Å²) in [5.74, 6) is -0.373. The Morgan fingerprint density at radius 2 is 1.95 bits per heavy atom. The Kier molecular flexibility index (Phi) is 4.63. The summed E-state index contributed by atoms with van der Waals surface area (Å²) in [5, 5.41) is 1.00. The lowest BCUT2D eigenvalue weighted by molar-refractivity contribution is 0.410. The van der Waals surface area contributed by atoms with Gasteiger partial charge in [-0.05, 0) is 42.7 Å². The smallest absolute Gasteiger partial charge is 0.141 e. The number of nitrogens with zero attached hydrogens (tertiary/aromatic N) is 1. The molecule has 0 radical (unpaired) electrons. The summed E-state index contributed by atoms with van der Waals surface area (Å²) in [6, 6.07) is 8.41. The minimum absolute atomic E-state index is 0.373. The van der Waals surface area contributed by atoms with Gasteiger partial charge in [0.15, 0.2) is 0 Å². The van der Waals surface area contributed by atoms with Crippen LogP contribution < -0.4 is 5.73 Å². The van der Waals surface area contributed by atoms with Crippen molar-refractivity contribution in [1.29, 1.82) is 0 Å². The normalized spacial score (nSPS) is 14.1. The molecule has 0 bridgehead atoms. The third-order valence-electron chi connectivity index (χ3n) is 3.37. The first-order valence-corrected chi connectivity index (χ1v) is 7.05. The molecule has 0 aliphatic carbocycles. The molecule has 0 spiro atoms. The Hall–Kier alpha value is -1.16. The van der Waals surface area contributed by atoms with Gasteiger partial charge in [-0.1, -0.05) is 36.2 Å². The summed E-state index contributed by atoms with van der Waals surface area (Å²) in [4.78, 5) is 4.10. The minimum atomic E-state index is -0.662. The third kappa shape index (κ3) is 3.29. The van der Waals surface area contributed by atoms with Crippen molar-refractivity contribution < 1.29 is 4.39 Å². The van der Waals surface area contributed by atoms with E-state index >= 15 is 0 Å². The van der Waals surface area contributed by atoms with Gasteiger partial charge in [0, 0.05) is 0 Å². The van der Waals surface area contributed by atoms with Crippen molar-refractivity contribution in [2.45, 2.75) is 25.3 Å². The molecular formula is C15H15Cl2FN2. The van der Waals surface area contributed by atoms with Gasteiger partial charge in [-0.15, -0.1) is 0 Å². The molecule has 0 aliphatic heterocycles. The molecule has 1 unspecified atom stereocenters. The quantitative estimate of drug-likeness (QED) is 0.912. The molecule has 106 valence electrons.